The number of hydrogen-bond acceptors (Lipinski definition) is 6. The molecule has 0 radical (unpaired) electrons. The number of aryl methyl sites for hydroxylation is 2. The standard InChI is InChI=1S/C21H23N5O2/c1-3-18-19(13(2)26-28-18)21(27)23-11-8-17-16(14-6-9-22-10-7-14)12-24-20(25-17)15-4-5-15/h6-7,9-10,12,15H,3-5,8,11H2,1-2H3,(H,23,27). The average molecular weight is 377 g/mol. The second kappa shape index (κ2) is 7.88. The van der Waals surface area contributed by atoms with Gasteiger partial charge >= 0.3 is 0 Å². The van der Waals surface area contributed by atoms with E-state index in [0.717, 1.165) is 35.5 Å². The van der Waals surface area contributed by atoms with Crippen molar-refractivity contribution >= 4 is 5.91 Å². The fourth-order valence-corrected chi connectivity index (χ4v) is 3.27. The molecule has 1 fully saturated rings. The lowest BCUT2D eigenvalue weighted by molar-refractivity contribution is 0.0951. The summed E-state index contributed by atoms with van der Waals surface area (Å²) < 4.78 is 5.22. The Morgan fingerprint density at radius 2 is 2.07 bits per heavy atom. The normalized spacial score (nSPS) is 13.5. The highest BCUT2D eigenvalue weighted by atomic mass is 16.5. The largest absolute Gasteiger partial charge is 0.360 e. The molecule has 144 valence electrons. The van der Waals surface area contributed by atoms with Crippen LogP contribution in [0.3, 0.4) is 0 Å². The van der Waals surface area contributed by atoms with E-state index in [-0.39, 0.29) is 5.91 Å². The Hall–Kier alpha value is -3.09. The van der Waals surface area contributed by atoms with Gasteiger partial charge in [0.1, 0.15) is 17.1 Å². The Morgan fingerprint density at radius 1 is 1.29 bits per heavy atom. The monoisotopic (exact) mass is 377 g/mol. The lowest BCUT2D eigenvalue weighted by Crippen LogP contribution is -2.27. The molecule has 0 spiro atoms. The van der Waals surface area contributed by atoms with E-state index in [1.165, 1.54) is 0 Å². The molecule has 1 aliphatic rings. The highest BCUT2D eigenvalue weighted by Crippen LogP contribution is 2.38. The van der Waals surface area contributed by atoms with Gasteiger partial charge in [-0.05, 0) is 37.5 Å². The minimum absolute atomic E-state index is 0.155. The first-order chi connectivity index (χ1) is 13.7. The first kappa shape index (κ1) is 18.3. The molecule has 1 aliphatic carbocycles. The summed E-state index contributed by atoms with van der Waals surface area (Å²) in [6.45, 7) is 4.20. The van der Waals surface area contributed by atoms with Crippen LogP contribution in [-0.2, 0) is 12.8 Å². The van der Waals surface area contributed by atoms with E-state index >= 15 is 0 Å². The van der Waals surface area contributed by atoms with Crippen molar-refractivity contribution in [1.82, 2.24) is 25.4 Å². The van der Waals surface area contributed by atoms with Crippen molar-refractivity contribution in [2.24, 2.45) is 0 Å². The molecule has 28 heavy (non-hydrogen) atoms. The molecule has 0 atom stereocenters. The summed E-state index contributed by atoms with van der Waals surface area (Å²) in [4.78, 5) is 26.0. The van der Waals surface area contributed by atoms with E-state index in [1.54, 1.807) is 19.3 Å². The Balaban J connectivity index is 1.51. The van der Waals surface area contributed by atoms with Crippen molar-refractivity contribution in [2.45, 2.75) is 45.4 Å². The molecule has 7 heteroatoms. The van der Waals surface area contributed by atoms with Gasteiger partial charge in [-0.2, -0.15) is 0 Å². The van der Waals surface area contributed by atoms with Crippen LogP contribution in [0, 0.1) is 6.92 Å². The molecule has 7 nitrogen and oxygen atoms in total. The molecule has 0 bridgehead atoms. The van der Waals surface area contributed by atoms with Crippen LogP contribution in [0.15, 0.2) is 35.2 Å². The third-order valence-corrected chi connectivity index (χ3v) is 4.95. The summed E-state index contributed by atoms with van der Waals surface area (Å²) in [5.74, 6) is 1.84. The Kier molecular flexibility index (Phi) is 5.14. The molecule has 3 heterocycles. The summed E-state index contributed by atoms with van der Waals surface area (Å²) >= 11 is 0. The smallest absolute Gasteiger partial charge is 0.256 e. The van der Waals surface area contributed by atoms with Crippen LogP contribution in [0.1, 0.15) is 59.0 Å². The summed E-state index contributed by atoms with van der Waals surface area (Å²) in [7, 11) is 0. The SMILES string of the molecule is CCc1onc(C)c1C(=O)NCCc1nc(C2CC2)ncc1-c1ccncc1. The van der Waals surface area contributed by atoms with Gasteiger partial charge in [0.15, 0.2) is 0 Å². The van der Waals surface area contributed by atoms with Crippen LogP contribution in [0.4, 0.5) is 0 Å². The molecule has 0 aromatic carbocycles. The maximum Gasteiger partial charge on any atom is 0.256 e. The van der Waals surface area contributed by atoms with Crippen LogP contribution in [0.2, 0.25) is 0 Å². The van der Waals surface area contributed by atoms with Gasteiger partial charge in [0.25, 0.3) is 5.91 Å². The Bertz CT molecular complexity index is 980. The van der Waals surface area contributed by atoms with Crippen LogP contribution in [0.5, 0.6) is 0 Å². The molecule has 1 amide bonds. The number of amides is 1. The predicted molar refractivity (Wildman–Crippen MR) is 104 cm³/mol. The molecule has 3 aromatic heterocycles. The number of nitrogens with one attached hydrogen (secondary N) is 1. The van der Waals surface area contributed by atoms with E-state index in [1.807, 2.05) is 25.3 Å². The van der Waals surface area contributed by atoms with Crippen LogP contribution >= 0.6 is 0 Å². The van der Waals surface area contributed by atoms with E-state index in [0.29, 0.717) is 42.3 Å². The zero-order chi connectivity index (χ0) is 19.5. The quantitative estimate of drug-likeness (QED) is 0.679. The minimum atomic E-state index is -0.155. The second-order valence-corrected chi connectivity index (χ2v) is 7.02. The summed E-state index contributed by atoms with van der Waals surface area (Å²) in [6.07, 6.45) is 8.97. The number of hydrogen-bond donors (Lipinski definition) is 1. The zero-order valence-electron chi connectivity index (χ0n) is 16.1. The van der Waals surface area contributed by atoms with Gasteiger partial charge in [0, 0.05) is 49.5 Å². The average Bonchev–Trinajstić information content (AvgIpc) is 3.50. The van der Waals surface area contributed by atoms with E-state index in [2.05, 4.69) is 20.4 Å². The second-order valence-electron chi connectivity index (χ2n) is 7.02. The number of carbonyl (C=O) groups excluding carboxylic acids is 1. The first-order valence-electron chi connectivity index (χ1n) is 9.67. The molecule has 3 aromatic rings. The van der Waals surface area contributed by atoms with E-state index < -0.39 is 0 Å². The van der Waals surface area contributed by atoms with Gasteiger partial charge in [-0.1, -0.05) is 12.1 Å². The van der Waals surface area contributed by atoms with Gasteiger partial charge < -0.3 is 9.84 Å². The number of nitrogens with zero attached hydrogens (tertiary/aromatic N) is 4. The third-order valence-electron chi connectivity index (χ3n) is 4.95. The maximum absolute atomic E-state index is 12.6. The number of aromatic nitrogens is 4. The van der Waals surface area contributed by atoms with Crippen molar-refractivity contribution in [1.29, 1.82) is 0 Å². The fourth-order valence-electron chi connectivity index (χ4n) is 3.27. The summed E-state index contributed by atoms with van der Waals surface area (Å²) in [5.41, 5.74) is 4.11. The molecule has 4 rings (SSSR count). The van der Waals surface area contributed by atoms with E-state index in [4.69, 9.17) is 9.51 Å². The van der Waals surface area contributed by atoms with Crippen molar-refractivity contribution in [3.8, 4) is 11.1 Å². The van der Waals surface area contributed by atoms with E-state index in [9.17, 15) is 4.79 Å². The first-order valence-corrected chi connectivity index (χ1v) is 9.67. The van der Waals surface area contributed by atoms with Crippen molar-refractivity contribution < 1.29 is 9.32 Å². The number of carbonyl (C=O) groups is 1. The fraction of sp³-hybridized carbons (Fsp3) is 0.381. The molecule has 1 saturated carbocycles. The maximum atomic E-state index is 12.6. The highest BCUT2D eigenvalue weighted by Gasteiger charge is 2.27. The molecule has 0 unspecified atom stereocenters. The van der Waals surface area contributed by atoms with Crippen molar-refractivity contribution in [2.75, 3.05) is 6.54 Å². The zero-order valence-corrected chi connectivity index (χ0v) is 16.1. The Labute approximate surface area is 163 Å². The topological polar surface area (TPSA) is 93.8 Å². The van der Waals surface area contributed by atoms with Crippen LogP contribution in [0.25, 0.3) is 11.1 Å². The van der Waals surface area contributed by atoms with Gasteiger partial charge in [-0.15, -0.1) is 0 Å². The number of pyridine rings is 1. The summed E-state index contributed by atoms with van der Waals surface area (Å²) in [6, 6.07) is 3.90. The van der Waals surface area contributed by atoms with Crippen molar-refractivity contribution in [3.63, 3.8) is 0 Å². The molecule has 0 aliphatic heterocycles. The van der Waals surface area contributed by atoms with Gasteiger partial charge in [0.2, 0.25) is 0 Å². The minimum Gasteiger partial charge on any atom is -0.360 e. The molecule has 1 N–H and O–H groups in total. The third kappa shape index (κ3) is 3.78. The summed E-state index contributed by atoms with van der Waals surface area (Å²) in [5, 5.41) is 6.88. The molecular formula is C21H23N5O2. The predicted octanol–water partition coefficient (Wildman–Crippen LogP) is 3.25. The lowest BCUT2D eigenvalue weighted by atomic mass is 10.0. The van der Waals surface area contributed by atoms with Crippen molar-refractivity contribution in [3.05, 3.63) is 59.3 Å². The Morgan fingerprint density at radius 3 is 2.79 bits per heavy atom. The van der Waals surface area contributed by atoms with Gasteiger partial charge in [0.05, 0.1) is 11.4 Å². The number of rotatable bonds is 7. The van der Waals surface area contributed by atoms with Crippen LogP contribution < -0.4 is 5.32 Å². The van der Waals surface area contributed by atoms with Gasteiger partial charge in [-0.25, -0.2) is 9.97 Å². The molecule has 0 saturated heterocycles. The molecular weight excluding hydrogens is 354 g/mol. The van der Waals surface area contributed by atoms with Gasteiger partial charge in [-0.3, -0.25) is 9.78 Å². The highest BCUT2D eigenvalue weighted by molar-refractivity contribution is 5.96. The lowest BCUT2D eigenvalue weighted by Gasteiger charge is -2.11. The van der Waals surface area contributed by atoms with Crippen LogP contribution in [-0.4, -0.2) is 32.6 Å².